The third-order valence-corrected chi connectivity index (χ3v) is 5.62. The van der Waals surface area contributed by atoms with Gasteiger partial charge in [-0.1, -0.05) is 12.1 Å². The van der Waals surface area contributed by atoms with Crippen LogP contribution in [0.15, 0.2) is 42.5 Å². The monoisotopic (exact) mass is 444 g/mol. The number of benzene rings is 2. The highest BCUT2D eigenvalue weighted by Crippen LogP contribution is 2.32. The Morgan fingerprint density at radius 1 is 1.06 bits per heavy atom. The van der Waals surface area contributed by atoms with E-state index in [9.17, 15) is 19.1 Å². The van der Waals surface area contributed by atoms with Crippen molar-refractivity contribution in [1.29, 1.82) is 0 Å². The minimum Gasteiger partial charge on any atom is -0.454 e. The lowest BCUT2D eigenvalue weighted by atomic mass is 9.96. The van der Waals surface area contributed by atoms with Crippen molar-refractivity contribution in [3.05, 3.63) is 59.4 Å². The number of hydrogen-bond donors (Lipinski definition) is 3. The summed E-state index contributed by atoms with van der Waals surface area (Å²) in [4.78, 5) is 24.8. The average molecular weight is 444 g/mol. The first-order valence-corrected chi connectivity index (χ1v) is 10.5. The van der Waals surface area contributed by atoms with E-state index < -0.39 is 17.8 Å². The normalized spacial score (nSPS) is 21.8. The molecule has 2 aromatic carbocycles. The Bertz CT molecular complexity index is 985. The highest BCUT2D eigenvalue weighted by molar-refractivity contribution is 5.95. The van der Waals surface area contributed by atoms with Crippen LogP contribution in [0.3, 0.4) is 0 Å². The van der Waals surface area contributed by atoms with Crippen molar-refractivity contribution in [2.75, 3.05) is 19.9 Å². The van der Waals surface area contributed by atoms with Gasteiger partial charge >= 0.3 is 0 Å². The Hall–Kier alpha value is -3.17. The number of hydrogen-bond acceptors (Lipinski definition) is 6. The molecule has 2 aliphatic rings. The van der Waals surface area contributed by atoms with Crippen LogP contribution in [-0.4, -0.2) is 55.1 Å². The average Bonchev–Trinajstić information content (AvgIpc) is 3.28. The fourth-order valence-corrected chi connectivity index (χ4v) is 3.89. The van der Waals surface area contributed by atoms with Gasteiger partial charge in [-0.3, -0.25) is 9.59 Å². The smallest absolute Gasteiger partial charge is 0.254 e. The summed E-state index contributed by atoms with van der Waals surface area (Å²) in [5.41, 5.74) is 0.431. The van der Waals surface area contributed by atoms with Crippen LogP contribution in [0.4, 0.5) is 4.39 Å². The number of ether oxygens (including phenoxy) is 3. The number of halogens is 1. The van der Waals surface area contributed by atoms with Gasteiger partial charge in [0.1, 0.15) is 11.9 Å². The maximum atomic E-state index is 13.7. The van der Waals surface area contributed by atoms with Gasteiger partial charge in [0.2, 0.25) is 6.79 Å². The standard InChI is InChI=1S/C23H25FN2O6/c24-17-4-2-1-3-16(17)23(29)25-10-9-15-6-7-18(21(12-27)32-15)26-22(28)14-5-8-19-20(11-14)31-13-30-19/h1-5,8,11,15,18,21,27H,6-7,9-10,12-13H2,(H,25,29)(H,26,28)/t15-,18+,21+/m1/s1. The van der Waals surface area contributed by atoms with Gasteiger partial charge in [0.25, 0.3) is 11.8 Å². The second-order valence-electron chi connectivity index (χ2n) is 7.73. The molecule has 170 valence electrons. The van der Waals surface area contributed by atoms with Crippen LogP contribution in [0.5, 0.6) is 11.5 Å². The number of rotatable bonds is 7. The quantitative estimate of drug-likeness (QED) is 0.603. The molecule has 0 radical (unpaired) electrons. The molecule has 4 rings (SSSR count). The lowest BCUT2D eigenvalue weighted by molar-refractivity contribution is -0.0893. The molecule has 2 heterocycles. The second kappa shape index (κ2) is 9.97. The van der Waals surface area contributed by atoms with Gasteiger partial charge in [-0.05, 0) is 49.6 Å². The minimum absolute atomic E-state index is 0.00316. The molecule has 1 fully saturated rings. The van der Waals surface area contributed by atoms with Crippen LogP contribution >= 0.6 is 0 Å². The number of nitrogens with one attached hydrogen (secondary N) is 2. The third-order valence-electron chi connectivity index (χ3n) is 5.62. The van der Waals surface area contributed by atoms with Crippen LogP contribution < -0.4 is 20.1 Å². The molecule has 2 amide bonds. The molecule has 0 saturated carbocycles. The molecule has 2 aromatic rings. The SMILES string of the molecule is O=C(N[C@H]1CC[C@H](CCNC(=O)c2ccccc2F)O[C@H]1CO)c1ccc2c(c1)OCO2. The number of aliphatic hydroxyl groups is 1. The highest BCUT2D eigenvalue weighted by atomic mass is 19.1. The van der Waals surface area contributed by atoms with Crippen molar-refractivity contribution < 1.29 is 33.3 Å². The Morgan fingerprint density at radius 2 is 1.88 bits per heavy atom. The summed E-state index contributed by atoms with van der Waals surface area (Å²) in [5.74, 6) is -0.216. The van der Waals surface area contributed by atoms with Crippen molar-refractivity contribution in [2.45, 2.75) is 37.5 Å². The topological polar surface area (TPSA) is 106 Å². The van der Waals surface area contributed by atoms with Gasteiger partial charge in [0, 0.05) is 12.1 Å². The fourth-order valence-electron chi connectivity index (χ4n) is 3.89. The molecular formula is C23H25FN2O6. The van der Waals surface area contributed by atoms with Crippen LogP contribution in [0.2, 0.25) is 0 Å². The van der Waals surface area contributed by atoms with E-state index in [1.165, 1.54) is 18.2 Å². The molecule has 0 bridgehead atoms. The van der Waals surface area contributed by atoms with Crippen molar-refractivity contribution >= 4 is 11.8 Å². The molecule has 0 unspecified atom stereocenters. The first kappa shape index (κ1) is 22.0. The lowest BCUT2D eigenvalue weighted by Crippen LogP contribution is -2.51. The van der Waals surface area contributed by atoms with Crippen LogP contribution in [-0.2, 0) is 4.74 Å². The molecule has 0 aromatic heterocycles. The predicted octanol–water partition coefficient (Wildman–Crippen LogP) is 2.01. The van der Waals surface area contributed by atoms with Gasteiger partial charge in [-0.2, -0.15) is 0 Å². The summed E-state index contributed by atoms with van der Waals surface area (Å²) in [5, 5.41) is 15.4. The van der Waals surface area contributed by atoms with Crippen molar-refractivity contribution in [3.8, 4) is 11.5 Å². The largest absolute Gasteiger partial charge is 0.454 e. The van der Waals surface area contributed by atoms with Gasteiger partial charge in [0.05, 0.1) is 24.3 Å². The molecule has 1 saturated heterocycles. The summed E-state index contributed by atoms with van der Waals surface area (Å²) in [7, 11) is 0. The maximum Gasteiger partial charge on any atom is 0.254 e. The van der Waals surface area contributed by atoms with Gasteiger partial charge in [-0.25, -0.2) is 4.39 Å². The first-order chi connectivity index (χ1) is 15.5. The van der Waals surface area contributed by atoms with E-state index in [4.69, 9.17) is 14.2 Å². The zero-order chi connectivity index (χ0) is 22.5. The number of fused-ring (bicyclic) bond motifs is 1. The van der Waals surface area contributed by atoms with E-state index in [1.54, 1.807) is 24.3 Å². The van der Waals surface area contributed by atoms with Crippen LogP contribution in [0, 0.1) is 5.82 Å². The Kier molecular flexibility index (Phi) is 6.87. The van der Waals surface area contributed by atoms with Crippen LogP contribution in [0.25, 0.3) is 0 Å². The van der Waals surface area contributed by atoms with E-state index in [2.05, 4.69) is 10.6 Å². The van der Waals surface area contributed by atoms with E-state index >= 15 is 0 Å². The molecule has 3 N–H and O–H groups in total. The van der Waals surface area contributed by atoms with Crippen molar-refractivity contribution in [1.82, 2.24) is 10.6 Å². The summed E-state index contributed by atoms with van der Waals surface area (Å²) in [6.07, 6.45) is 1.03. The molecule has 3 atom stereocenters. The van der Waals surface area contributed by atoms with E-state index in [1.807, 2.05) is 0 Å². The number of amides is 2. The summed E-state index contributed by atoms with van der Waals surface area (Å²) >= 11 is 0. The van der Waals surface area contributed by atoms with E-state index in [0.29, 0.717) is 42.9 Å². The van der Waals surface area contributed by atoms with Gasteiger partial charge in [-0.15, -0.1) is 0 Å². The van der Waals surface area contributed by atoms with Crippen LogP contribution in [0.1, 0.15) is 40.0 Å². The van der Waals surface area contributed by atoms with Gasteiger partial charge < -0.3 is 30.0 Å². The number of carbonyl (C=O) groups excluding carboxylic acids is 2. The molecule has 32 heavy (non-hydrogen) atoms. The third kappa shape index (κ3) is 5.00. The summed E-state index contributed by atoms with van der Waals surface area (Å²) < 4.78 is 30.2. The molecule has 8 nitrogen and oxygen atoms in total. The zero-order valence-corrected chi connectivity index (χ0v) is 17.4. The molecule has 9 heteroatoms. The molecule has 0 aliphatic carbocycles. The van der Waals surface area contributed by atoms with Gasteiger partial charge in [0.15, 0.2) is 11.5 Å². The zero-order valence-electron chi connectivity index (χ0n) is 17.4. The Labute approximate surface area is 184 Å². The number of carbonyl (C=O) groups is 2. The molecule has 2 aliphatic heterocycles. The van der Waals surface area contributed by atoms with E-state index in [0.717, 1.165) is 0 Å². The lowest BCUT2D eigenvalue weighted by Gasteiger charge is -2.36. The summed E-state index contributed by atoms with van der Waals surface area (Å²) in [6, 6.07) is 10.4. The predicted molar refractivity (Wildman–Crippen MR) is 112 cm³/mol. The minimum atomic E-state index is -0.569. The summed E-state index contributed by atoms with van der Waals surface area (Å²) in [6.45, 7) is 0.194. The maximum absolute atomic E-state index is 13.7. The molecule has 0 spiro atoms. The first-order valence-electron chi connectivity index (χ1n) is 10.5. The van der Waals surface area contributed by atoms with Crippen molar-refractivity contribution in [3.63, 3.8) is 0 Å². The Balaban J connectivity index is 1.26. The van der Waals surface area contributed by atoms with Crippen molar-refractivity contribution in [2.24, 2.45) is 0 Å². The fraction of sp³-hybridized carbons (Fsp3) is 0.391. The molecular weight excluding hydrogens is 419 g/mol. The second-order valence-corrected chi connectivity index (χ2v) is 7.73. The highest BCUT2D eigenvalue weighted by Gasteiger charge is 2.32. The Morgan fingerprint density at radius 3 is 2.69 bits per heavy atom. The van der Waals surface area contributed by atoms with E-state index in [-0.39, 0.29) is 37.0 Å². The number of aliphatic hydroxyl groups excluding tert-OH is 1.